The van der Waals surface area contributed by atoms with Crippen LogP contribution in [0.5, 0.6) is 0 Å². The predicted molar refractivity (Wildman–Crippen MR) is 67.2 cm³/mol. The molecule has 2 unspecified atom stereocenters. The van der Waals surface area contributed by atoms with Gasteiger partial charge < -0.3 is 10.2 Å². The minimum Gasteiger partial charge on any atom is -0.312 e. The normalized spacial score (nSPS) is 26.8. The molecule has 1 fully saturated rings. The summed E-state index contributed by atoms with van der Waals surface area (Å²) < 4.78 is 0. The zero-order valence-electron chi connectivity index (χ0n) is 11.1. The Morgan fingerprint density at radius 3 is 2.07 bits per heavy atom. The molecule has 0 aliphatic heterocycles. The number of rotatable bonds is 5. The molecule has 0 bridgehead atoms. The highest BCUT2D eigenvalue weighted by Gasteiger charge is 2.34. The van der Waals surface area contributed by atoms with Gasteiger partial charge in [-0.1, -0.05) is 13.8 Å². The highest BCUT2D eigenvalue weighted by molar-refractivity contribution is 4.90. The van der Waals surface area contributed by atoms with Crippen LogP contribution < -0.4 is 5.32 Å². The van der Waals surface area contributed by atoms with Crippen LogP contribution in [0.2, 0.25) is 0 Å². The molecule has 2 heteroatoms. The predicted octanol–water partition coefficient (Wildman–Crippen LogP) is 2.49. The second kappa shape index (κ2) is 5.31. The first-order chi connectivity index (χ1) is 6.98. The Morgan fingerprint density at radius 1 is 1.13 bits per heavy atom. The maximum atomic E-state index is 3.63. The van der Waals surface area contributed by atoms with E-state index in [1.807, 2.05) is 0 Å². The van der Waals surface area contributed by atoms with Crippen molar-refractivity contribution in [1.82, 2.24) is 10.2 Å². The van der Waals surface area contributed by atoms with E-state index in [0.717, 1.165) is 12.0 Å². The van der Waals surface area contributed by atoms with Gasteiger partial charge in [0.1, 0.15) is 0 Å². The molecule has 2 nitrogen and oxygen atoms in total. The second-order valence-corrected chi connectivity index (χ2v) is 5.76. The van der Waals surface area contributed by atoms with Gasteiger partial charge in [0, 0.05) is 11.6 Å². The summed E-state index contributed by atoms with van der Waals surface area (Å²) in [6.07, 6.45) is 2.81. The molecule has 1 aliphatic carbocycles. The first kappa shape index (κ1) is 13.0. The maximum Gasteiger partial charge on any atom is 0.0135 e. The SMILES string of the molecule is CCN(CC)C1CCC1CNC(C)(C)C. The number of nitrogens with one attached hydrogen (secondary N) is 1. The molecule has 1 N–H and O–H groups in total. The van der Waals surface area contributed by atoms with E-state index in [2.05, 4.69) is 44.8 Å². The lowest BCUT2D eigenvalue weighted by atomic mass is 9.78. The molecule has 0 spiro atoms. The standard InChI is InChI=1S/C13H28N2/c1-6-15(7-2)12-9-8-11(12)10-14-13(3,4)5/h11-12,14H,6-10H2,1-5H3. The van der Waals surface area contributed by atoms with Gasteiger partial charge in [-0.3, -0.25) is 0 Å². The van der Waals surface area contributed by atoms with Crippen LogP contribution >= 0.6 is 0 Å². The molecule has 1 aliphatic rings. The lowest BCUT2D eigenvalue weighted by molar-refractivity contribution is 0.0667. The monoisotopic (exact) mass is 212 g/mol. The van der Waals surface area contributed by atoms with Gasteiger partial charge in [0.15, 0.2) is 0 Å². The summed E-state index contributed by atoms with van der Waals surface area (Å²) in [7, 11) is 0. The van der Waals surface area contributed by atoms with E-state index in [-0.39, 0.29) is 5.54 Å². The van der Waals surface area contributed by atoms with Crippen molar-refractivity contribution in [3.63, 3.8) is 0 Å². The van der Waals surface area contributed by atoms with Crippen LogP contribution in [0, 0.1) is 5.92 Å². The molecule has 1 saturated carbocycles. The van der Waals surface area contributed by atoms with Crippen molar-refractivity contribution in [2.75, 3.05) is 19.6 Å². The molecule has 0 aromatic heterocycles. The third-order valence-electron chi connectivity index (χ3n) is 3.55. The van der Waals surface area contributed by atoms with Gasteiger partial charge in [0.05, 0.1) is 0 Å². The van der Waals surface area contributed by atoms with Crippen molar-refractivity contribution in [3.8, 4) is 0 Å². The average molecular weight is 212 g/mol. The van der Waals surface area contributed by atoms with Gasteiger partial charge >= 0.3 is 0 Å². The quantitative estimate of drug-likeness (QED) is 0.753. The highest BCUT2D eigenvalue weighted by Crippen LogP contribution is 2.31. The van der Waals surface area contributed by atoms with Crippen molar-refractivity contribution < 1.29 is 0 Å². The number of hydrogen-bond donors (Lipinski definition) is 1. The van der Waals surface area contributed by atoms with E-state index in [0.29, 0.717) is 0 Å². The van der Waals surface area contributed by atoms with Crippen LogP contribution in [0.1, 0.15) is 47.5 Å². The van der Waals surface area contributed by atoms with Crippen LogP contribution in [-0.4, -0.2) is 36.1 Å². The highest BCUT2D eigenvalue weighted by atomic mass is 15.2. The molecule has 1 rings (SSSR count). The molecule has 90 valence electrons. The fourth-order valence-electron chi connectivity index (χ4n) is 2.40. The topological polar surface area (TPSA) is 15.3 Å². The Kier molecular flexibility index (Phi) is 4.60. The van der Waals surface area contributed by atoms with E-state index in [9.17, 15) is 0 Å². The zero-order chi connectivity index (χ0) is 11.5. The average Bonchev–Trinajstić information content (AvgIpc) is 2.10. The molecular weight excluding hydrogens is 184 g/mol. The summed E-state index contributed by atoms with van der Waals surface area (Å²) in [5.74, 6) is 0.879. The van der Waals surface area contributed by atoms with Gasteiger partial charge in [-0.15, -0.1) is 0 Å². The number of nitrogens with zero attached hydrogens (tertiary/aromatic N) is 1. The molecule has 0 saturated heterocycles. The maximum absolute atomic E-state index is 3.63. The fourth-order valence-corrected chi connectivity index (χ4v) is 2.40. The van der Waals surface area contributed by atoms with Crippen molar-refractivity contribution in [2.24, 2.45) is 5.92 Å². The lowest BCUT2D eigenvalue weighted by Gasteiger charge is -2.45. The first-order valence-corrected chi connectivity index (χ1v) is 6.47. The molecule has 15 heavy (non-hydrogen) atoms. The number of hydrogen-bond acceptors (Lipinski definition) is 2. The molecule has 0 amide bonds. The third-order valence-corrected chi connectivity index (χ3v) is 3.55. The smallest absolute Gasteiger partial charge is 0.0135 e. The van der Waals surface area contributed by atoms with Crippen LogP contribution in [-0.2, 0) is 0 Å². The van der Waals surface area contributed by atoms with Crippen LogP contribution in [0.25, 0.3) is 0 Å². The first-order valence-electron chi connectivity index (χ1n) is 6.47. The van der Waals surface area contributed by atoms with Gasteiger partial charge in [-0.05, 0) is 59.2 Å². The molecular formula is C13H28N2. The van der Waals surface area contributed by atoms with Gasteiger partial charge in [0.25, 0.3) is 0 Å². The van der Waals surface area contributed by atoms with Gasteiger partial charge in [0.2, 0.25) is 0 Å². The molecule has 0 radical (unpaired) electrons. The second-order valence-electron chi connectivity index (χ2n) is 5.76. The summed E-state index contributed by atoms with van der Waals surface area (Å²) in [6.45, 7) is 14.9. The summed E-state index contributed by atoms with van der Waals surface area (Å²) in [6, 6.07) is 0.842. The summed E-state index contributed by atoms with van der Waals surface area (Å²) in [5, 5.41) is 3.63. The van der Waals surface area contributed by atoms with Gasteiger partial charge in [-0.25, -0.2) is 0 Å². The van der Waals surface area contributed by atoms with Crippen molar-refractivity contribution >= 4 is 0 Å². The van der Waals surface area contributed by atoms with Crippen LogP contribution in [0.15, 0.2) is 0 Å². The Labute approximate surface area is 95.4 Å². The Morgan fingerprint density at radius 2 is 1.73 bits per heavy atom. The Hall–Kier alpha value is -0.0800. The summed E-state index contributed by atoms with van der Waals surface area (Å²) in [4.78, 5) is 2.61. The van der Waals surface area contributed by atoms with Crippen molar-refractivity contribution in [1.29, 1.82) is 0 Å². The molecule has 0 heterocycles. The summed E-state index contributed by atoms with van der Waals surface area (Å²) in [5.41, 5.74) is 0.267. The zero-order valence-corrected chi connectivity index (χ0v) is 11.1. The molecule has 0 aromatic carbocycles. The minimum absolute atomic E-state index is 0.267. The van der Waals surface area contributed by atoms with Crippen molar-refractivity contribution in [3.05, 3.63) is 0 Å². The van der Waals surface area contributed by atoms with E-state index in [4.69, 9.17) is 0 Å². The van der Waals surface area contributed by atoms with E-state index in [1.165, 1.54) is 32.5 Å². The lowest BCUT2D eigenvalue weighted by Crippen LogP contribution is -2.52. The molecule has 0 aromatic rings. The third kappa shape index (κ3) is 3.76. The van der Waals surface area contributed by atoms with E-state index >= 15 is 0 Å². The molecule has 2 atom stereocenters. The fraction of sp³-hybridized carbons (Fsp3) is 1.00. The largest absolute Gasteiger partial charge is 0.312 e. The van der Waals surface area contributed by atoms with Crippen LogP contribution in [0.4, 0.5) is 0 Å². The Balaban J connectivity index is 2.32. The Bertz CT molecular complexity index is 179. The van der Waals surface area contributed by atoms with Crippen LogP contribution in [0.3, 0.4) is 0 Å². The summed E-state index contributed by atoms with van der Waals surface area (Å²) >= 11 is 0. The van der Waals surface area contributed by atoms with Crippen molar-refractivity contribution in [2.45, 2.75) is 59.0 Å². The van der Waals surface area contributed by atoms with E-state index in [1.54, 1.807) is 0 Å². The van der Waals surface area contributed by atoms with E-state index < -0.39 is 0 Å². The van der Waals surface area contributed by atoms with Gasteiger partial charge in [-0.2, -0.15) is 0 Å². The minimum atomic E-state index is 0.267.